The number of fused-ring (bicyclic) bond motifs is 10. The lowest BCUT2D eigenvalue weighted by atomic mass is 9.97. The highest BCUT2D eigenvalue weighted by Crippen LogP contribution is 2.44. The molecular weight excluding hydrogens is 663 g/mol. The first-order valence-electron chi connectivity index (χ1n) is 17.9. The van der Waals surface area contributed by atoms with Gasteiger partial charge in [0.05, 0.1) is 33.6 Å². The molecule has 0 aliphatic heterocycles. The minimum atomic E-state index is 0.916. The number of benzene rings is 7. The van der Waals surface area contributed by atoms with Crippen molar-refractivity contribution in [2.75, 3.05) is 0 Å². The van der Waals surface area contributed by atoms with Crippen molar-refractivity contribution in [3.63, 3.8) is 0 Å². The van der Waals surface area contributed by atoms with Crippen molar-refractivity contribution in [3.8, 4) is 44.9 Å². The number of nitrogens with zero attached hydrogens (tertiary/aromatic N) is 3. The Kier molecular flexibility index (Phi) is 6.73. The Morgan fingerprint density at radius 2 is 0.962 bits per heavy atom. The van der Waals surface area contributed by atoms with E-state index in [-0.39, 0.29) is 0 Å². The van der Waals surface area contributed by atoms with Crippen LogP contribution in [0, 0.1) is 0 Å². The first kappa shape index (κ1) is 29.9. The molecule has 4 aromatic heterocycles. The first-order valence-corrected chi connectivity index (χ1v) is 18.7. The zero-order chi connectivity index (χ0) is 34.9. The van der Waals surface area contributed by atoms with Crippen LogP contribution < -0.4 is 0 Å². The highest BCUT2D eigenvalue weighted by molar-refractivity contribution is 7.26. The SMILES string of the molecule is c1ccc(-c2ccc3ccc4ccc(-c5cccc(-c6ccc7sc8c(ccc9c(-c%10ccccc%10)nc%10ccccc%10c98)c7c6)c5)nc4c3n2)cc1. The fraction of sp³-hybridized carbons (Fsp3) is 0. The van der Waals surface area contributed by atoms with Gasteiger partial charge in [-0.1, -0.05) is 140 Å². The molecule has 4 heteroatoms. The largest absolute Gasteiger partial charge is 0.247 e. The van der Waals surface area contributed by atoms with Gasteiger partial charge in [-0.25, -0.2) is 15.0 Å². The van der Waals surface area contributed by atoms with Gasteiger partial charge < -0.3 is 0 Å². The zero-order valence-electron chi connectivity index (χ0n) is 28.5. The summed E-state index contributed by atoms with van der Waals surface area (Å²) < 4.78 is 2.58. The summed E-state index contributed by atoms with van der Waals surface area (Å²) in [4.78, 5) is 15.5. The Balaban J connectivity index is 1.04. The Bertz CT molecular complexity index is 3220. The van der Waals surface area contributed by atoms with E-state index in [0.717, 1.165) is 66.7 Å². The van der Waals surface area contributed by atoms with Crippen molar-refractivity contribution in [2.45, 2.75) is 0 Å². The van der Waals surface area contributed by atoms with Crippen molar-refractivity contribution in [3.05, 3.63) is 176 Å². The van der Waals surface area contributed by atoms with Crippen molar-refractivity contribution in [1.29, 1.82) is 0 Å². The van der Waals surface area contributed by atoms with E-state index in [4.69, 9.17) is 15.0 Å². The quantitative estimate of drug-likeness (QED) is 0.172. The molecular formula is C49H29N3S. The number of pyridine rings is 3. The molecule has 3 nitrogen and oxygen atoms in total. The lowest BCUT2D eigenvalue weighted by Crippen LogP contribution is -1.91. The molecule has 11 aromatic rings. The monoisotopic (exact) mass is 691 g/mol. The second-order valence-corrected chi connectivity index (χ2v) is 14.6. The average Bonchev–Trinajstić information content (AvgIpc) is 3.62. The van der Waals surface area contributed by atoms with Crippen LogP contribution in [0.1, 0.15) is 0 Å². The van der Waals surface area contributed by atoms with Crippen molar-refractivity contribution in [2.24, 2.45) is 0 Å². The van der Waals surface area contributed by atoms with Gasteiger partial charge in [0.2, 0.25) is 0 Å². The summed E-state index contributed by atoms with van der Waals surface area (Å²) in [6, 6.07) is 62.4. The lowest BCUT2D eigenvalue weighted by molar-refractivity contribution is 1.36. The molecule has 0 aliphatic carbocycles. The standard InChI is InChI=1S/C49H29N3S/c1-3-10-30(11-4-1)41-25-20-32-18-19-33-21-26-42(51-48(33)47(32)50-41)36-15-9-14-34(28-36)35-22-27-44-40(29-35)37-23-24-39-45(49(37)53-44)38-16-7-8-17-43(38)52-46(39)31-12-5-2-6-13-31/h1-29H. The zero-order valence-corrected chi connectivity index (χ0v) is 29.3. The second-order valence-electron chi connectivity index (χ2n) is 13.6. The molecule has 53 heavy (non-hydrogen) atoms. The van der Waals surface area contributed by atoms with E-state index in [1.165, 1.54) is 41.9 Å². The van der Waals surface area contributed by atoms with E-state index in [0.29, 0.717) is 0 Å². The number of rotatable bonds is 4. The third-order valence-electron chi connectivity index (χ3n) is 10.4. The summed E-state index contributed by atoms with van der Waals surface area (Å²) in [6.45, 7) is 0. The van der Waals surface area contributed by atoms with Gasteiger partial charge >= 0.3 is 0 Å². The van der Waals surface area contributed by atoms with Crippen LogP contribution in [0.25, 0.3) is 109 Å². The smallest absolute Gasteiger partial charge is 0.0972 e. The Morgan fingerprint density at radius 3 is 1.74 bits per heavy atom. The Morgan fingerprint density at radius 1 is 0.358 bits per heavy atom. The van der Waals surface area contributed by atoms with E-state index in [1.807, 2.05) is 17.4 Å². The van der Waals surface area contributed by atoms with Crippen LogP contribution in [0.5, 0.6) is 0 Å². The number of para-hydroxylation sites is 1. The van der Waals surface area contributed by atoms with Crippen LogP contribution in [0.4, 0.5) is 0 Å². The van der Waals surface area contributed by atoms with Crippen molar-refractivity contribution < 1.29 is 0 Å². The molecule has 4 heterocycles. The molecule has 11 rings (SSSR count). The molecule has 0 N–H and O–H groups in total. The predicted molar refractivity (Wildman–Crippen MR) is 224 cm³/mol. The van der Waals surface area contributed by atoms with Crippen molar-refractivity contribution >= 4 is 75.0 Å². The van der Waals surface area contributed by atoms with Gasteiger partial charge in [0.25, 0.3) is 0 Å². The maximum absolute atomic E-state index is 5.24. The summed E-state index contributed by atoms with van der Waals surface area (Å²) >= 11 is 1.87. The molecule has 0 bridgehead atoms. The topological polar surface area (TPSA) is 38.7 Å². The van der Waals surface area contributed by atoms with Crippen LogP contribution in [-0.4, -0.2) is 15.0 Å². The summed E-state index contributed by atoms with van der Waals surface area (Å²) in [5.74, 6) is 0. The number of thiophene rings is 1. The maximum atomic E-state index is 5.24. The average molecular weight is 692 g/mol. The fourth-order valence-electron chi connectivity index (χ4n) is 7.82. The maximum Gasteiger partial charge on any atom is 0.0972 e. The molecule has 246 valence electrons. The third-order valence-corrected chi connectivity index (χ3v) is 11.6. The van der Waals surface area contributed by atoms with Gasteiger partial charge in [-0.15, -0.1) is 11.3 Å². The fourth-order valence-corrected chi connectivity index (χ4v) is 9.06. The predicted octanol–water partition coefficient (Wildman–Crippen LogP) is 13.5. The second kappa shape index (κ2) is 11.9. The van der Waals surface area contributed by atoms with Gasteiger partial charge in [-0.3, -0.25) is 0 Å². The molecule has 7 aromatic carbocycles. The van der Waals surface area contributed by atoms with Gasteiger partial charge in [-0.2, -0.15) is 0 Å². The molecule has 0 amide bonds. The first-order chi connectivity index (χ1) is 26.2. The third kappa shape index (κ3) is 4.91. The molecule has 0 saturated heterocycles. The van der Waals surface area contributed by atoms with E-state index in [9.17, 15) is 0 Å². The summed E-state index contributed by atoms with van der Waals surface area (Å²) in [7, 11) is 0. The van der Waals surface area contributed by atoms with Gasteiger partial charge in [0, 0.05) is 63.8 Å². The van der Waals surface area contributed by atoms with Gasteiger partial charge in [0.15, 0.2) is 0 Å². The Labute approximate surface area is 309 Å². The van der Waals surface area contributed by atoms with E-state index >= 15 is 0 Å². The van der Waals surface area contributed by atoms with Crippen LogP contribution >= 0.6 is 11.3 Å². The van der Waals surface area contributed by atoms with Gasteiger partial charge in [-0.05, 0) is 47.5 Å². The highest BCUT2D eigenvalue weighted by atomic mass is 32.1. The highest BCUT2D eigenvalue weighted by Gasteiger charge is 2.17. The molecule has 0 unspecified atom stereocenters. The van der Waals surface area contributed by atoms with Crippen LogP contribution in [-0.2, 0) is 0 Å². The number of hydrogen-bond donors (Lipinski definition) is 0. The summed E-state index contributed by atoms with van der Waals surface area (Å²) in [5, 5.41) is 8.36. The lowest BCUT2D eigenvalue weighted by Gasteiger charge is -2.11. The van der Waals surface area contributed by atoms with Crippen molar-refractivity contribution in [1.82, 2.24) is 15.0 Å². The van der Waals surface area contributed by atoms with E-state index < -0.39 is 0 Å². The van der Waals surface area contributed by atoms with Crippen LogP contribution in [0.2, 0.25) is 0 Å². The van der Waals surface area contributed by atoms with Gasteiger partial charge in [0.1, 0.15) is 0 Å². The van der Waals surface area contributed by atoms with E-state index in [2.05, 4.69) is 170 Å². The summed E-state index contributed by atoms with van der Waals surface area (Å²) in [5.41, 5.74) is 11.4. The molecule has 0 atom stereocenters. The van der Waals surface area contributed by atoms with Crippen LogP contribution in [0.15, 0.2) is 176 Å². The minimum Gasteiger partial charge on any atom is -0.247 e. The normalized spacial score (nSPS) is 11.8. The van der Waals surface area contributed by atoms with E-state index in [1.54, 1.807) is 0 Å². The number of hydrogen-bond acceptors (Lipinski definition) is 4. The Hall–Kier alpha value is -6.75. The molecule has 0 fully saturated rings. The molecule has 0 aliphatic rings. The molecule has 0 saturated carbocycles. The minimum absolute atomic E-state index is 0.916. The molecule has 0 spiro atoms. The molecule has 0 radical (unpaired) electrons. The number of aromatic nitrogens is 3. The summed E-state index contributed by atoms with van der Waals surface area (Å²) in [6.07, 6.45) is 0. The van der Waals surface area contributed by atoms with Crippen LogP contribution in [0.3, 0.4) is 0 Å².